The van der Waals surface area contributed by atoms with Crippen LogP contribution in [0.1, 0.15) is 18.1 Å². The zero-order valence-electron chi connectivity index (χ0n) is 8.86. The Hall–Kier alpha value is -0.940. The summed E-state index contributed by atoms with van der Waals surface area (Å²) in [6.07, 6.45) is 0.963. The van der Waals surface area contributed by atoms with E-state index in [1.807, 2.05) is 12.1 Å². The Morgan fingerprint density at radius 1 is 1.47 bits per heavy atom. The van der Waals surface area contributed by atoms with Gasteiger partial charge < -0.3 is 5.21 Å². The number of nitrogens with zero attached hydrogens (tertiary/aromatic N) is 1. The first-order chi connectivity index (χ1) is 7.20. The summed E-state index contributed by atoms with van der Waals surface area (Å²) in [5.74, 6) is 0. The summed E-state index contributed by atoms with van der Waals surface area (Å²) in [7, 11) is 0. The molecule has 1 unspecified atom stereocenters. The molecule has 0 saturated carbocycles. The van der Waals surface area contributed by atoms with E-state index in [4.69, 9.17) is 5.21 Å². The fraction of sp³-hybridized carbons (Fsp3) is 0.455. The minimum absolute atomic E-state index is 0.402. The molecule has 2 N–H and O–H groups in total. The molecule has 1 heterocycles. The highest BCUT2D eigenvalue weighted by Crippen LogP contribution is 2.20. The molecular weight excluding hydrogens is 192 g/mol. The molecular formula is C11H16N2O2. The summed E-state index contributed by atoms with van der Waals surface area (Å²) >= 11 is 0. The predicted octanol–water partition coefficient (Wildman–Crippen LogP) is 0.468. The Morgan fingerprint density at radius 3 is 2.93 bits per heavy atom. The highest BCUT2D eigenvalue weighted by molar-refractivity contribution is 5.40. The van der Waals surface area contributed by atoms with Crippen molar-refractivity contribution in [2.75, 3.05) is 13.1 Å². The summed E-state index contributed by atoms with van der Waals surface area (Å²) < 4.78 is 0. The molecule has 1 aromatic rings. The molecule has 15 heavy (non-hydrogen) atoms. The van der Waals surface area contributed by atoms with Crippen molar-refractivity contribution in [3.63, 3.8) is 0 Å². The van der Waals surface area contributed by atoms with E-state index in [1.165, 1.54) is 11.1 Å². The number of nitrogens with one attached hydrogen (secondary N) is 1. The maximum atomic E-state index is 10.8. The van der Waals surface area contributed by atoms with Gasteiger partial charge in [0.05, 0.1) is 0 Å². The standard InChI is InChI=1S/C11H16N2O2/c1-2-12-6-5-9-7-11(13(14)15)4-3-10(9)8-12/h3-4,7,13-14H,2,5-6,8H2,1H3. The number of quaternary nitrogens is 1. The molecule has 0 fully saturated rings. The molecule has 0 radical (unpaired) electrons. The Balaban J connectivity index is 2.24. The van der Waals surface area contributed by atoms with Crippen molar-refractivity contribution in [1.29, 1.82) is 0 Å². The lowest BCUT2D eigenvalue weighted by Crippen LogP contribution is -2.99. The van der Waals surface area contributed by atoms with Crippen molar-refractivity contribution in [3.8, 4) is 0 Å². The lowest BCUT2D eigenvalue weighted by Gasteiger charge is -2.27. The minimum atomic E-state index is -0.837. The van der Waals surface area contributed by atoms with Crippen LogP contribution in [0.4, 0.5) is 5.69 Å². The van der Waals surface area contributed by atoms with Crippen molar-refractivity contribution in [1.82, 2.24) is 4.90 Å². The van der Waals surface area contributed by atoms with Gasteiger partial charge in [-0.3, -0.25) is 4.90 Å². The number of benzene rings is 1. The molecule has 1 aliphatic heterocycles. The SMILES string of the molecule is CCN1CCc2cc([NH+]([O-])O)ccc2C1. The van der Waals surface area contributed by atoms with Gasteiger partial charge in [-0.2, -0.15) is 5.23 Å². The first-order valence-corrected chi connectivity index (χ1v) is 5.28. The molecule has 0 saturated heterocycles. The Labute approximate surface area is 89.3 Å². The van der Waals surface area contributed by atoms with Gasteiger partial charge in [0.2, 0.25) is 0 Å². The number of fused-ring (bicyclic) bond motifs is 1. The molecule has 1 aliphatic rings. The fourth-order valence-corrected chi connectivity index (χ4v) is 2.01. The summed E-state index contributed by atoms with van der Waals surface area (Å²) in [5.41, 5.74) is 2.87. The van der Waals surface area contributed by atoms with Crippen LogP contribution < -0.4 is 5.23 Å². The number of rotatable bonds is 2. The van der Waals surface area contributed by atoms with Gasteiger partial charge in [-0.25, -0.2) is 5.21 Å². The molecule has 2 rings (SSSR count). The summed E-state index contributed by atoms with van der Waals surface area (Å²) in [4.78, 5) is 2.36. The zero-order valence-corrected chi connectivity index (χ0v) is 8.86. The Bertz CT molecular complexity index is 352. The van der Waals surface area contributed by atoms with E-state index in [-0.39, 0.29) is 0 Å². The monoisotopic (exact) mass is 208 g/mol. The lowest BCUT2D eigenvalue weighted by atomic mass is 9.99. The average molecular weight is 208 g/mol. The van der Waals surface area contributed by atoms with E-state index in [1.54, 1.807) is 6.07 Å². The third-order valence-electron chi connectivity index (χ3n) is 2.99. The van der Waals surface area contributed by atoms with E-state index in [0.717, 1.165) is 26.1 Å². The summed E-state index contributed by atoms with van der Waals surface area (Å²) in [6.45, 7) is 5.19. The molecule has 0 aromatic heterocycles. The molecule has 0 spiro atoms. The molecule has 1 aromatic carbocycles. The molecule has 0 aliphatic carbocycles. The first-order valence-electron chi connectivity index (χ1n) is 5.28. The van der Waals surface area contributed by atoms with Crippen molar-refractivity contribution in [2.24, 2.45) is 0 Å². The normalized spacial score (nSPS) is 18.6. The van der Waals surface area contributed by atoms with Crippen LogP contribution in [0.2, 0.25) is 0 Å². The topological polar surface area (TPSA) is 51.0 Å². The van der Waals surface area contributed by atoms with E-state index in [0.29, 0.717) is 5.69 Å². The van der Waals surface area contributed by atoms with Gasteiger partial charge in [0, 0.05) is 25.2 Å². The Morgan fingerprint density at radius 2 is 2.27 bits per heavy atom. The second-order valence-electron chi connectivity index (χ2n) is 3.91. The molecule has 1 atom stereocenters. The van der Waals surface area contributed by atoms with Gasteiger partial charge in [0.25, 0.3) is 0 Å². The highest BCUT2D eigenvalue weighted by atomic mass is 16.8. The van der Waals surface area contributed by atoms with E-state index in [2.05, 4.69) is 11.8 Å². The maximum absolute atomic E-state index is 10.8. The van der Waals surface area contributed by atoms with Gasteiger partial charge in [-0.05, 0) is 24.1 Å². The smallest absolute Gasteiger partial charge is 0.164 e. The molecule has 0 bridgehead atoms. The third kappa shape index (κ3) is 2.18. The van der Waals surface area contributed by atoms with Crippen molar-refractivity contribution >= 4 is 5.69 Å². The van der Waals surface area contributed by atoms with Crippen LogP contribution in [0.5, 0.6) is 0 Å². The zero-order chi connectivity index (χ0) is 10.8. The van der Waals surface area contributed by atoms with E-state index in [9.17, 15) is 5.21 Å². The van der Waals surface area contributed by atoms with E-state index >= 15 is 0 Å². The van der Waals surface area contributed by atoms with Crippen molar-refractivity contribution in [3.05, 3.63) is 34.5 Å². The summed E-state index contributed by atoms with van der Waals surface area (Å²) in [6, 6.07) is 5.45. The largest absolute Gasteiger partial charge is 0.595 e. The third-order valence-corrected chi connectivity index (χ3v) is 2.99. The quantitative estimate of drug-likeness (QED) is 0.695. The molecule has 82 valence electrons. The highest BCUT2D eigenvalue weighted by Gasteiger charge is 2.16. The lowest BCUT2D eigenvalue weighted by molar-refractivity contribution is -0.991. The second-order valence-corrected chi connectivity index (χ2v) is 3.91. The predicted molar refractivity (Wildman–Crippen MR) is 56.9 cm³/mol. The summed E-state index contributed by atoms with van der Waals surface area (Å²) in [5, 5.41) is 18.8. The van der Waals surface area contributed by atoms with Crippen LogP contribution in [0.15, 0.2) is 18.2 Å². The molecule has 4 nitrogen and oxygen atoms in total. The Kier molecular flexibility index (Phi) is 3.02. The van der Waals surface area contributed by atoms with Crippen molar-refractivity contribution < 1.29 is 10.4 Å². The van der Waals surface area contributed by atoms with Crippen LogP contribution in [0.3, 0.4) is 0 Å². The van der Waals surface area contributed by atoms with Crippen LogP contribution in [-0.2, 0) is 13.0 Å². The second kappa shape index (κ2) is 4.28. The van der Waals surface area contributed by atoms with Gasteiger partial charge in [0.15, 0.2) is 5.69 Å². The fourth-order valence-electron chi connectivity index (χ4n) is 2.01. The van der Waals surface area contributed by atoms with Gasteiger partial charge >= 0.3 is 0 Å². The van der Waals surface area contributed by atoms with Crippen molar-refractivity contribution in [2.45, 2.75) is 19.9 Å². The number of likely N-dealkylation sites (N-methyl/N-ethyl adjacent to an activating group) is 1. The molecule has 0 amide bonds. The first kappa shape index (κ1) is 10.6. The minimum Gasteiger partial charge on any atom is -0.595 e. The van der Waals surface area contributed by atoms with Gasteiger partial charge in [-0.1, -0.05) is 13.0 Å². The van der Waals surface area contributed by atoms with Gasteiger partial charge in [0.1, 0.15) is 0 Å². The van der Waals surface area contributed by atoms with Crippen LogP contribution >= 0.6 is 0 Å². The maximum Gasteiger partial charge on any atom is 0.164 e. The number of hydrogen-bond acceptors (Lipinski definition) is 3. The average Bonchev–Trinajstić information content (AvgIpc) is 2.27. The number of hydrogen-bond donors (Lipinski definition) is 2. The van der Waals surface area contributed by atoms with Crippen LogP contribution in [0.25, 0.3) is 0 Å². The van der Waals surface area contributed by atoms with Crippen LogP contribution in [0, 0.1) is 5.21 Å². The van der Waals surface area contributed by atoms with Gasteiger partial charge in [-0.15, -0.1) is 0 Å². The van der Waals surface area contributed by atoms with Crippen LogP contribution in [-0.4, -0.2) is 23.2 Å². The molecule has 4 heteroatoms. The van der Waals surface area contributed by atoms with E-state index < -0.39 is 5.23 Å².